The van der Waals surface area contributed by atoms with Crippen LogP contribution in [-0.4, -0.2) is 35.2 Å². The Kier molecular flexibility index (Phi) is 3.58. The Morgan fingerprint density at radius 2 is 2.00 bits per heavy atom. The van der Waals surface area contributed by atoms with Gasteiger partial charge in [0, 0.05) is 19.3 Å². The van der Waals surface area contributed by atoms with Crippen LogP contribution in [0.5, 0.6) is 0 Å². The predicted octanol–water partition coefficient (Wildman–Crippen LogP) is 0.381. The molecule has 86 valence electrons. The van der Waals surface area contributed by atoms with E-state index in [0.29, 0.717) is 5.92 Å². The van der Waals surface area contributed by atoms with Crippen LogP contribution in [0.3, 0.4) is 0 Å². The third kappa shape index (κ3) is 2.85. The summed E-state index contributed by atoms with van der Waals surface area (Å²) in [7, 11) is 0. The predicted molar refractivity (Wildman–Crippen MR) is 56.2 cm³/mol. The molecular formula is C9H15N7. The van der Waals surface area contributed by atoms with Gasteiger partial charge >= 0.3 is 0 Å². The van der Waals surface area contributed by atoms with E-state index in [9.17, 15) is 0 Å². The standard InChI is InChI=1S/C9H15N7/c1-2-3-9(6-15-5-4-10-13-15)7-16-8-11-12-14-16/h4-5,8-9H,2-3,6-7H2,1H3. The van der Waals surface area contributed by atoms with Crippen LogP contribution in [0, 0.1) is 5.92 Å². The van der Waals surface area contributed by atoms with Gasteiger partial charge in [0.05, 0.1) is 6.20 Å². The molecule has 0 N–H and O–H groups in total. The first-order valence-corrected chi connectivity index (χ1v) is 5.43. The number of hydrogen-bond acceptors (Lipinski definition) is 5. The van der Waals surface area contributed by atoms with Crippen LogP contribution < -0.4 is 0 Å². The fourth-order valence-electron chi connectivity index (χ4n) is 1.77. The summed E-state index contributed by atoms with van der Waals surface area (Å²) in [5.74, 6) is 0.482. The molecule has 0 saturated carbocycles. The van der Waals surface area contributed by atoms with Crippen molar-refractivity contribution in [2.75, 3.05) is 0 Å². The highest BCUT2D eigenvalue weighted by atomic mass is 15.5. The minimum absolute atomic E-state index is 0.482. The van der Waals surface area contributed by atoms with Gasteiger partial charge in [-0.2, -0.15) is 0 Å². The van der Waals surface area contributed by atoms with Crippen LogP contribution >= 0.6 is 0 Å². The molecule has 0 aliphatic rings. The largest absolute Gasteiger partial charge is 0.252 e. The average molecular weight is 221 g/mol. The van der Waals surface area contributed by atoms with Gasteiger partial charge in [-0.15, -0.1) is 10.2 Å². The van der Waals surface area contributed by atoms with Crippen LogP contribution in [0.2, 0.25) is 0 Å². The number of aromatic nitrogens is 7. The van der Waals surface area contributed by atoms with E-state index in [0.717, 1.165) is 25.9 Å². The van der Waals surface area contributed by atoms with E-state index in [1.165, 1.54) is 0 Å². The third-order valence-corrected chi connectivity index (χ3v) is 2.45. The van der Waals surface area contributed by atoms with Gasteiger partial charge in [0.1, 0.15) is 6.33 Å². The minimum Gasteiger partial charge on any atom is -0.252 e. The minimum atomic E-state index is 0.482. The number of rotatable bonds is 6. The van der Waals surface area contributed by atoms with Crippen LogP contribution in [0.15, 0.2) is 18.7 Å². The second kappa shape index (κ2) is 5.34. The van der Waals surface area contributed by atoms with Crippen molar-refractivity contribution in [3.63, 3.8) is 0 Å². The van der Waals surface area contributed by atoms with Crippen molar-refractivity contribution in [1.82, 2.24) is 35.2 Å². The zero-order chi connectivity index (χ0) is 11.2. The quantitative estimate of drug-likeness (QED) is 0.705. The van der Waals surface area contributed by atoms with Crippen LogP contribution in [0.25, 0.3) is 0 Å². The lowest BCUT2D eigenvalue weighted by Crippen LogP contribution is -2.18. The van der Waals surface area contributed by atoms with E-state index in [-0.39, 0.29) is 0 Å². The maximum absolute atomic E-state index is 3.97. The zero-order valence-corrected chi connectivity index (χ0v) is 9.27. The lowest BCUT2D eigenvalue weighted by Gasteiger charge is -2.14. The van der Waals surface area contributed by atoms with Crippen LogP contribution in [0.4, 0.5) is 0 Å². The van der Waals surface area contributed by atoms with Gasteiger partial charge in [-0.25, -0.2) is 4.68 Å². The Labute approximate surface area is 93.5 Å². The lowest BCUT2D eigenvalue weighted by molar-refractivity contribution is 0.324. The topological polar surface area (TPSA) is 74.3 Å². The molecule has 0 radical (unpaired) electrons. The summed E-state index contributed by atoms with van der Waals surface area (Å²) in [4.78, 5) is 0. The van der Waals surface area contributed by atoms with Gasteiger partial charge in [0.25, 0.3) is 0 Å². The SMILES string of the molecule is CCCC(Cn1ccnn1)Cn1cnnn1. The highest BCUT2D eigenvalue weighted by Crippen LogP contribution is 2.10. The summed E-state index contributed by atoms with van der Waals surface area (Å²) >= 11 is 0. The molecule has 0 aliphatic heterocycles. The molecule has 2 aromatic rings. The third-order valence-electron chi connectivity index (χ3n) is 2.45. The summed E-state index contributed by atoms with van der Waals surface area (Å²) in [6.07, 6.45) is 7.48. The molecule has 7 nitrogen and oxygen atoms in total. The van der Waals surface area contributed by atoms with Crippen molar-refractivity contribution >= 4 is 0 Å². The molecule has 7 heteroatoms. The first-order valence-electron chi connectivity index (χ1n) is 5.43. The smallest absolute Gasteiger partial charge is 0.138 e. The summed E-state index contributed by atoms with van der Waals surface area (Å²) in [6, 6.07) is 0. The summed E-state index contributed by atoms with van der Waals surface area (Å²) in [6.45, 7) is 3.85. The molecule has 2 heterocycles. The number of hydrogen-bond donors (Lipinski definition) is 0. The van der Waals surface area contributed by atoms with Crippen molar-refractivity contribution in [3.8, 4) is 0 Å². The Morgan fingerprint density at radius 3 is 2.62 bits per heavy atom. The fourth-order valence-corrected chi connectivity index (χ4v) is 1.77. The van der Waals surface area contributed by atoms with E-state index in [2.05, 4.69) is 32.8 Å². The molecule has 0 saturated heterocycles. The molecule has 0 amide bonds. The number of nitrogens with zero attached hydrogens (tertiary/aromatic N) is 7. The van der Waals surface area contributed by atoms with Gasteiger partial charge in [0.15, 0.2) is 0 Å². The molecule has 1 unspecified atom stereocenters. The summed E-state index contributed by atoms with van der Waals surface area (Å²) in [5.41, 5.74) is 0. The summed E-state index contributed by atoms with van der Waals surface area (Å²) < 4.78 is 3.61. The molecular weight excluding hydrogens is 206 g/mol. The van der Waals surface area contributed by atoms with Crippen molar-refractivity contribution in [3.05, 3.63) is 18.7 Å². The average Bonchev–Trinajstić information content (AvgIpc) is 2.91. The zero-order valence-electron chi connectivity index (χ0n) is 9.27. The molecule has 0 fully saturated rings. The monoisotopic (exact) mass is 221 g/mol. The van der Waals surface area contributed by atoms with Gasteiger partial charge in [-0.1, -0.05) is 18.6 Å². The first kappa shape index (κ1) is 10.7. The highest BCUT2D eigenvalue weighted by molar-refractivity contribution is 4.67. The molecule has 2 rings (SSSR count). The fraction of sp³-hybridized carbons (Fsp3) is 0.667. The molecule has 16 heavy (non-hydrogen) atoms. The first-order chi connectivity index (χ1) is 7.88. The maximum atomic E-state index is 3.97. The van der Waals surface area contributed by atoms with Gasteiger partial charge in [-0.3, -0.25) is 4.68 Å². The van der Waals surface area contributed by atoms with Gasteiger partial charge < -0.3 is 0 Å². The van der Waals surface area contributed by atoms with E-state index < -0.39 is 0 Å². The van der Waals surface area contributed by atoms with Crippen LogP contribution in [-0.2, 0) is 13.1 Å². The molecule has 0 aliphatic carbocycles. The second-order valence-corrected chi connectivity index (χ2v) is 3.81. The number of tetrazole rings is 1. The van der Waals surface area contributed by atoms with Gasteiger partial charge in [-0.05, 0) is 22.8 Å². The lowest BCUT2D eigenvalue weighted by atomic mass is 10.0. The van der Waals surface area contributed by atoms with Crippen molar-refractivity contribution < 1.29 is 0 Å². The maximum Gasteiger partial charge on any atom is 0.138 e. The Balaban J connectivity index is 1.94. The molecule has 0 bridgehead atoms. The Morgan fingerprint density at radius 1 is 1.12 bits per heavy atom. The van der Waals surface area contributed by atoms with E-state index in [1.54, 1.807) is 17.2 Å². The van der Waals surface area contributed by atoms with E-state index >= 15 is 0 Å². The molecule has 0 spiro atoms. The van der Waals surface area contributed by atoms with E-state index in [4.69, 9.17) is 0 Å². The molecule has 2 aromatic heterocycles. The van der Waals surface area contributed by atoms with Crippen molar-refractivity contribution in [2.24, 2.45) is 5.92 Å². The second-order valence-electron chi connectivity index (χ2n) is 3.81. The van der Waals surface area contributed by atoms with Gasteiger partial charge in [0.2, 0.25) is 0 Å². The normalized spacial score (nSPS) is 12.8. The molecule has 0 aromatic carbocycles. The van der Waals surface area contributed by atoms with Crippen LogP contribution in [0.1, 0.15) is 19.8 Å². The van der Waals surface area contributed by atoms with Crippen molar-refractivity contribution in [1.29, 1.82) is 0 Å². The Hall–Kier alpha value is -1.79. The molecule has 1 atom stereocenters. The summed E-state index contributed by atoms with van der Waals surface area (Å²) in [5, 5.41) is 18.9. The van der Waals surface area contributed by atoms with E-state index in [1.807, 2.05) is 10.9 Å². The Bertz CT molecular complexity index is 344. The highest BCUT2D eigenvalue weighted by Gasteiger charge is 2.10. The van der Waals surface area contributed by atoms with Crippen molar-refractivity contribution in [2.45, 2.75) is 32.9 Å².